The number of nitrogens with one attached hydrogen (secondary N) is 2. The van der Waals surface area contributed by atoms with Crippen molar-refractivity contribution in [3.8, 4) is 5.75 Å². The second-order valence-electron chi connectivity index (χ2n) is 9.31. The zero-order valence-electron chi connectivity index (χ0n) is 18.9. The Morgan fingerprint density at radius 3 is 2.70 bits per heavy atom. The smallest absolute Gasteiger partial charge is 0.261 e. The third-order valence-electron chi connectivity index (χ3n) is 6.19. The van der Waals surface area contributed by atoms with E-state index < -0.39 is 0 Å². The Bertz CT molecular complexity index is 1270. The summed E-state index contributed by atoms with van der Waals surface area (Å²) in [5.74, 6) is 1.08. The Kier molecular flexibility index (Phi) is 5.04. The summed E-state index contributed by atoms with van der Waals surface area (Å²) in [4.78, 5) is 26.5. The van der Waals surface area contributed by atoms with E-state index in [0.29, 0.717) is 29.2 Å². The number of methoxy groups -OCH3 is 1. The van der Waals surface area contributed by atoms with Gasteiger partial charge >= 0.3 is 0 Å². The number of Topliss-reactive ketones (excluding diaryl/α,β-unsaturated/α-hetero) is 1. The van der Waals surface area contributed by atoms with Gasteiger partial charge in [0.15, 0.2) is 5.78 Å². The Morgan fingerprint density at radius 1 is 1.15 bits per heavy atom. The number of hydrogen-bond donors (Lipinski definition) is 2. The van der Waals surface area contributed by atoms with Crippen LogP contribution in [0.25, 0.3) is 0 Å². The number of ketones is 1. The lowest BCUT2D eigenvalue weighted by Crippen LogP contribution is -2.36. The highest BCUT2D eigenvalue weighted by atomic mass is 16.5. The Morgan fingerprint density at radius 2 is 1.94 bits per heavy atom. The largest absolute Gasteiger partial charge is 0.497 e. The first-order chi connectivity index (χ1) is 15.9. The van der Waals surface area contributed by atoms with Gasteiger partial charge in [-0.15, -0.1) is 0 Å². The molecule has 7 nitrogen and oxygen atoms in total. The van der Waals surface area contributed by atoms with Crippen molar-refractivity contribution in [3.05, 3.63) is 83.2 Å². The van der Waals surface area contributed by atoms with Crippen LogP contribution in [-0.2, 0) is 4.79 Å². The maximum atomic E-state index is 13.2. The van der Waals surface area contributed by atoms with Crippen LogP contribution in [0.15, 0.2) is 72.1 Å². The number of hydrogen-bond acceptors (Lipinski definition) is 5. The van der Waals surface area contributed by atoms with Crippen LogP contribution in [0.4, 0.5) is 11.5 Å². The van der Waals surface area contributed by atoms with Gasteiger partial charge in [0.25, 0.3) is 5.91 Å². The number of benzene rings is 2. The number of carbonyl (C=O) groups is 2. The van der Waals surface area contributed by atoms with Crippen LogP contribution in [0.3, 0.4) is 0 Å². The van der Waals surface area contributed by atoms with E-state index in [9.17, 15) is 9.59 Å². The van der Waals surface area contributed by atoms with Gasteiger partial charge in [0, 0.05) is 29.4 Å². The molecule has 0 saturated carbocycles. The number of nitrogens with zero attached hydrogens (tertiary/aromatic N) is 2. The molecule has 2 aliphatic rings. The molecule has 1 atom stereocenters. The van der Waals surface area contributed by atoms with Gasteiger partial charge in [0.2, 0.25) is 0 Å². The molecule has 2 aromatic carbocycles. The van der Waals surface area contributed by atoms with Gasteiger partial charge in [-0.3, -0.25) is 9.59 Å². The number of rotatable bonds is 4. The fourth-order valence-electron chi connectivity index (χ4n) is 4.72. The minimum atomic E-state index is -0.376. The molecule has 0 spiro atoms. The Hall–Kier alpha value is -3.87. The minimum Gasteiger partial charge on any atom is -0.497 e. The second kappa shape index (κ2) is 7.92. The number of aromatic nitrogens is 2. The molecule has 1 aliphatic carbocycles. The van der Waals surface area contributed by atoms with Gasteiger partial charge in [0.1, 0.15) is 23.2 Å². The van der Waals surface area contributed by atoms with E-state index in [0.717, 1.165) is 23.3 Å². The molecule has 1 amide bonds. The van der Waals surface area contributed by atoms with E-state index in [1.165, 1.54) is 0 Å². The lowest BCUT2D eigenvalue weighted by atomic mass is 9.73. The average Bonchev–Trinajstić information content (AvgIpc) is 3.21. The topological polar surface area (TPSA) is 85.2 Å². The maximum Gasteiger partial charge on any atom is 0.261 e. The van der Waals surface area contributed by atoms with Gasteiger partial charge in [-0.2, -0.15) is 5.10 Å². The summed E-state index contributed by atoms with van der Waals surface area (Å²) < 4.78 is 7.01. The highest BCUT2D eigenvalue weighted by Gasteiger charge is 2.42. The van der Waals surface area contributed by atoms with E-state index in [-0.39, 0.29) is 23.1 Å². The SMILES string of the molecule is COc1cccc(NC(=O)c2cnn3c2NC2=C(C(=O)CC(C)(C)C2)C3c2ccccc2)c1. The molecule has 5 rings (SSSR count). The first-order valence-electron chi connectivity index (χ1n) is 11.0. The van der Waals surface area contributed by atoms with Crippen LogP contribution >= 0.6 is 0 Å². The molecule has 168 valence electrons. The number of anilines is 2. The number of fused-ring (bicyclic) bond motifs is 1. The summed E-state index contributed by atoms with van der Waals surface area (Å²) in [6.07, 6.45) is 2.76. The predicted molar refractivity (Wildman–Crippen MR) is 126 cm³/mol. The summed E-state index contributed by atoms with van der Waals surface area (Å²) in [6, 6.07) is 16.7. The molecule has 1 unspecified atom stereocenters. The number of allylic oxidation sites excluding steroid dienone is 2. The van der Waals surface area contributed by atoms with E-state index in [4.69, 9.17) is 4.74 Å². The standard InChI is InChI=1S/C26H26N4O3/c1-26(2)13-20-22(21(31)14-26)23(16-8-5-4-6-9-16)30-24(29-20)19(15-27-30)25(32)28-17-10-7-11-18(12-17)33-3/h4-12,15,23,29H,13-14H2,1-3H3,(H,28,32). The van der Waals surface area contributed by atoms with Crippen LogP contribution in [-0.4, -0.2) is 28.6 Å². The summed E-state index contributed by atoms with van der Waals surface area (Å²) in [5, 5.41) is 10.9. The highest BCUT2D eigenvalue weighted by molar-refractivity contribution is 6.08. The van der Waals surface area contributed by atoms with Crippen LogP contribution in [0.1, 0.15) is 48.7 Å². The van der Waals surface area contributed by atoms with Crippen molar-refractivity contribution in [1.29, 1.82) is 0 Å². The van der Waals surface area contributed by atoms with E-state index in [2.05, 4.69) is 29.6 Å². The van der Waals surface area contributed by atoms with Crippen molar-refractivity contribution in [2.45, 2.75) is 32.7 Å². The third kappa shape index (κ3) is 3.80. The Labute approximate surface area is 192 Å². The van der Waals surface area contributed by atoms with Gasteiger partial charge in [0.05, 0.1) is 13.3 Å². The molecule has 0 saturated heterocycles. The fraction of sp³-hybridized carbons (Fsp3) is 0.269. The monoisotopic (exact) mass is 442 g/mol. The second-order valence-corrected chi connectivity index (χ2v) is 9.31. The predicted octanol–water partition coefficient (Wildman–Crippen LogP) is 4.80. The fourth-order valence-corrected chi connectivity index (χ4v) is 4.72. The summed E-state index contributed by atoms with van der Waals surface area (Å²) in [6.45, 7) is 4.19. The zero-order valence-corrected chi connectivity index (χ0v) is 18.9. The average molecular weight is 443 g/mol. The normalized spacial score (nSPS) is 18.8. The molecular weight excluding hydrogens is 416 g/mol. The van der Waals surface area contributed by atoms with Crippen molar-refractivity contribution in [2.24, 2.45) is 5.41 Å². The van der Waals surface area contributed by atoms with Crippen molar-refractivity contribution >= 4 is 23.2 Å². The quantitative estimate of drug-likeness (QED) is 0.606. The molecule has 3 aromatic rings. The van der Waals surface area contributed by atoms with Crippen LogP contribution in [0.2, 0.25) is 0 Å². The number of carbonyl (C=O) groups excluding carboxylic acids is 2. The van der Waals surface area contributed by atoms with E-state index in [1.807, 2.05) is 42.5 Å². The van der Waals surface area contributed by atoms with Crippen LogP contribution in [0.5, 0.6) is 5.75 Å². The third-order valence-corrected chi connectivity index (χ3v) is 6.19. The number of amides is 1. The van der Waals surface area contributed by atoms with Crippen LogP contribution < -0.4 is 15.4 Å². The first-order valence-corrected chi connectivity index (χ1v) is 11.0. The van der Waals surface area contributed by atoms with Crippen molar-refractivity contribution in [1.82, 2.24) is 9.78 Å². The lowest BCUT2D eigenvalue weighted by Gasteiger charge is -2.39. The molecule has 1 aliphatic heterocycles. The molecule has 2 N–H and O–H groups in total. The van der Waals surface area contributed by atoms with Gasteiger partial charge in [-0.1, -0.05) is 50.2 Å². The molecule has 1 aromatic heterocycles. The van der Waals surface area contributed by atoms with Crippen molar-refractivity contribution in [3.63, 3.8) is 0 Å². The van der Waals surface area contributed by atoms with Crippen molar-refractivity contribution in [2.75, 3.05) is 17.7 Å². The summed E-state index contributed by atoms with van der Waals surface area (Å²) >= 11 is 0. The molecule has 7 heteroatoms. The molecule has 0 fully saturated rings. The van der Waals surface area contributed by atoms with E-state index >= 15 is 0 Å². The highest BCUT2D eigenvalue weighted by Crippen LogP contribution is 2.46. The summed E-state index contributed by atoms with van der Waals surface area (Å²) in [7, 11) is 1.58. The van der Waals surface area contributed by atoms with Gasteiger partial charge in [-0.25, -0.2) is 4.68 Å². The minimum absolute atomic E-state index is 0.117. The molecule has 0 radical (unpaired) electrons. The van der Waals surface area contributed by atoms with Crippen molar-refractivity contribution < 1.29 is 14.3 Å². The van der Waals surface area contributed by atoms with Gasteiger partial charge in [-0.05, 0) is 29.5 Å². The molecule has 2 heterocycles. The lowest BCUT2D eigenvalue weighted by molar-refractivity contribution is -0.118. The molecular formula is C26H26N4O3. The maximum absolute atomic E-state index is 13.2. The summed E-state index contributed by atoms with van der Waals surface area (Å²) in [5.41, 5.74) is 3.45. The van der Waals surface area contributed by atoms with E-state index in [1.54, 1.807) is 30.1 Å². The first kappa shape index (κ1) is 21.0. The van der Waals surface area contributed by atoms with Gasteiger partial charge < -0.3 is 15.4 Å². The number of ether oxygens (including phenoxy) is 1. The molecule has 33 heavy (non-hydrogen) atoms. The van der Waals surface area contributed by atoms with Crippen LogP contribution in [0, 0.1) is 5.41 Å². The molecule has 0 bridgehead atoms. The zero-order chi connectivity index (χ0) is 23.2. The Balaban J connectivity index is 1.57.